The van der Waals surface area contributed by atoms with Crippen molar-refractivity contribution < 1.29 is 13.6 Å². The van der Waals surface area contributed by atoms with E-state index in [2.05, 4.69) is 22.4 Å². The molecule has 0 bridgehead atoms. The highest BCUT2D eigenvalue weighted by molar-refractivity contribution is 5.93. The van der Waals surface area contributed by atoms with Crippen LogP contribution in [0.1, 0.15) is 34.5 Å². The number of aryl methyl sites for hydroxylation is 2. The third kappa shape index (κ3) is 4.46. The number of aromatic amines is 1. The van der Waals surface area contributed by atoms with Gasteiger partial charge in [-0.25, -0.2) is 8.78 Å². The first-order valence-electron chi connectivity index (χ1n) is 8.87. The average molecular weight is 362 g/mol. The number of benzene rings is 1. The van der Waals surface area contributed by atoms with Gasteiger partial charge in [-0.15, -0.1) is 0 Å². The third-order valence-electron chi connectivity index (χ3n) is 4.94. The number of hydrogen-bond donors (Lipinski definition) is 2. The van der Waals surface area contributed by atoms with Crippen molar-refractivity contribution in [2.24, 2.45) is 0 Å². The minimum atomic E-state index is -2.31. The van der Waals surface area contributed by atoms with E-state index < -0.39 is 6.43 Å². The molecule has 1 aliphatic rings. The van der Waals surface area contributed by atoms with Crippen molar-refractivity contribution in [1.29, 1.82) is 0 Å². The first-order valence-corrected chi connectivity index (χ1v) is 8.87. The molecule has 1 saturated heterocycles. The van der Waals surface area contributed by atoms with Crippen LogP contribution in [-0.2, 0) is 0 Å². The SMILES string of the molecule is Cc1ccc(-c2cc(C(=O)NC3CCN(CC(F)F)CC3)[nH]n2)cc1C. The maximum absolute atomic E-state index is 12.4. The zero-order valence-electron chi connectivity index (χ0n) is 15.1. The van der Waals surface area contributed by atoms with E-state index in [1.54, 1.807) is 11.0 Å². The highest BCUT2D eigenvalue weighted by Crippen LogP contribution is 2.21. The molecule has 140 valence electrons. The molecule has 1 aromatic heterocycles. The van der Waals surface area contributed by atoms with Crippen LogP contribution in [0.4, 0.5) is 8.78 Å². The molecule has 0 saturated carbocycles. The molecule has 2 aromatic rings. The number of rotatable bonds is 5. The van der Waals surface area contributed by atoms with Gasteiger partial charge < -0.3 is 5.32 Å². The fraction of sp³-hybridized carbons (Fsp3) is 0.474. The Kier molecular flexibility index (Phi) is 5.66. The van der Waals surface area contributed by atoms with E-state index >= 15 is 0 Å². The second-order valence-corrected chi connectivity index (χ2v) is 6.91. The lowest BCUT2D eigenvalue weighted by Gasteiger charge is -2.31. The van der Waals surface area contributed by atoms with Crippen LogP contribution in [0.2, 0.25) is 0 Å². The Morgan fingerprint density at radius 1 is 1.27 bits per heavy atom. The van der Waals surface area contributed by atoms with Crippen molar-refractivity contribution in [2.45, 2.75) is 39.2 Å². The topological polar surface area (TPSA) is 61.0 Å². The average Bonchev–Trinajstić information content (AvgIpc) is 3.09. The number of likely N-dealkylation sites (tertiary alicyclic amines) is 1. The number of carbonyl (C=O) groups is 1. The second kappa shape index (κ2) is 7.95. The minimum absolute atomic E-state index is 0.00444. The van der Waals surface area contributed by atoms with E-state index in [1.165, 1.54) is 11.1 Å². The van der Waals surface area contributed by atoms with Crippen LogP contribution in [0.3, 0.4) is 0 Å². The molecule has 0 atom stereocenters. The Balaban J connectivity index is 1.58. The van der Waals surface area contributed by atoms with Gasteiger partial charge in [-0.2, -0.15) is 5.10 Å². The predicted octanol–water partition coefficient (Wildman–Crippen LogP) is 3.15. The molecular weight excluding hydrogens is 338 g/mol. The number of carbonyl (C=O) groups excluding carboxylic acids is 1. The molecule has 5 nitrogen and oxygen atoms in total. The van der Waals surface area contributed by atoms with E-state index in [4.69, 9.17) is 0 Å². The van der Waals surface area contributed by atoms with E-state index in [0.29, 0.717) is 31.6 Å². The predicted molar refractivity (Wildman–Crippen MR) is 96.4 cm³/mol. The molecule has 0 radical (unpaired) electrons. The van der Waals surface area contributed by atoms with Gasteiger partial charge in [0.05, 0.1) is 12.2 Å². The maximum atomic E-state index is 12.4. The van der Waals surface area contributed by atoms with Gasteiger partial charge in [0.15, 0.2) is 0 Å². The molecular formula is C19H24F2N4O. The van der Waals surface area contributed by atoms with Crippen LogP contribution >= 0.6 is 0 Å². The van der Waals surface area contributed by atoms with Crippen molar-refractivity contribution in [3.63, 3.8) is 0 Å². The van der Waals surface area contributed by atoms with Crippen LogP contribution in [0, 0.1) is 13.8 Å². The number of aromatic nitrogens is 2. The number of hydrogen-bond acceptors (Lipinski definition) is 3. The summed E-state index contributed by atoms with van der Waals surface area (Å²) in [4.78, 5) is 14.2. The quantitative estimate of drug-likeness (QED) is 0.859. The van der Waals surface area contributed by atoms with Gasteiger partial charge in [0.1, 0.15) is 5.69 Å². The summed E-state index contributed by atoms with van der Waals surface area (Å²) in [6, 6.07) is 7.81. The molecule has 0 spiro atoms. The molecule has 7 heteroatoms. The highest BCUT2D eigenvalue weighted by atomic mass is 19.3. The van der Waals surface area contributed by atoms with Crippen molar-refractivity contribution in [3.05, 3.63) is 41.1 Å². The van der Waals surface area contributed by atoms with Gasteiger partial charge in [-0.3, -0.25) is 14.8 Å². The molecule has 1 fully saturated rings. The fourth-order valence-electron chi connectivity index (χ4n) is 3.20. The number of nitrogens with one attached hydrogen (secondary N) is 2. The molecule has 26 heavy (non-hydrogen) atoms. The van der Waals surface area contributed by atoms with Crippen molar-refractivity contribution in [2.75, 3.05) is 19.6 Å². The highest BCUT2D eigenvalue weighted by Gasteiger charge is 2.23. The summed E-state index contributed by atoms with van der Waals surface area (Å²) in [5, 5.41) is 10.00. The van der Waals surface area contributed by atoms with Gasteiger partial charge >= 0.3 is 0 Å². The zero-order valence-corrected chi connectivity index (χ0v) is 15.1. The van der Waals surface area contributed by atoms with E-state index in [0.717, 1.165) is 11.3 Å². The van der Waals surface area contributed by atoms with Gasteiger partial charge in [-0.05, 0) is 49.9 Å². The first-order chi connectivity index (χ1) is 12.4. The largest absolute Gasteiger partial charge is 0.348 e. The third-order valence-corrected chi connectivity index (χ3v) is 4.94. The van der Waals surface area contributed by atoms with Crippen LogP contribution in [-0.4, -0.2) is 53.1 Å². The number of amides is 1. The van der Waals surface area contributed by atoms with Crippen molar-refractivity contribution in [3.8, 4) is 11.3 Å². The molecule has 1 aromatic carbocycles. The normalized spacial score (nSPS) is 16.2. The lowest BCUT2D eigenvalue weighted by molar-refractivity contribution is 0.0695. The Bertz CT molecular complexity index is 767. The van der Waals surface area contributed by atoms with Gasteiger partial charge in [-0.1, -0.05) is 12.1 Å². The molecule has 1 aliphatic heterocycles. The molecule has 2 N–H and O–H groups in total. The fourth-order valence-corrected chi connectivity index (χ4v) is 3.20. The van der Waals surface area contributed by atoms with E-state index in [9.17, 15) is 13.6 Å². The standard InChI is InChI=1S/C19H24F2N4O/c1-12-3-4-14(9-13(12)2)16-10-17(24-23-16)19(26)22-15-5-7-25(8-6-15)11-18(20)21/h3-4,9-10,15,18H,5-8,11H2,1-2H3,(H,22,26)(H,23,24). The Morgan fingerprint density at radius 3 is 2.65 bits per heavy atom. The van der Waals surface area contributed by atoms with Gasteiger partial charge in [0.2, 0.25) is 0 Å². The zero-order chi connectivity index (χ0) is 18.7. The lowest BCUT2D eigenvalue weighted by Crippen LogP contribution is -2.45. The van der Waals surface area contributed by atoms with Crippen molar-refractivity contribution in [1.82, 2.24) is 20.4 Å². The summed E-state index contributed by atoms with van der Waals surface area (Å²) in [6.45, 7) is 5.05. The number of nitrogens with zero attached hydrogens (tertiary/aromatic N) is 2. The summed E-state index contributed by atoms with van der Waals surface area (Å²) in [5.74, 6) is -0.208. The van der Waals surface area contributed by atoms with E-state index in [1.807, 2.05) is 25.1 Å². The Morgan fingerprint density at radius 2 is 2.00 bits per heavy atom. The van der Waals surface area contributed by atoms with Crippen LogP contribution in [0.25, 0.3) is 11.3 Å². The van der Waals surface area contributed by atoms with E-state index in [-0.39, 0.29) is 18.5 Å². The molecule has 0 unspecified atom stereocenters. The monoisotopic (exact) mass is 362 g/mol. The first kappa shape index (κ1) is 18.5. The minimum Gasteiger partial charge on any atom is -0.348 e. The van der Waals surface area contributed by atoms with Crippen molar-refractivity contribution >= 4 is 5.91 Å². The molecule has 3 rings (SSSR count). The van der Waals surface area contributed by atoms with Gasteiger partial charge in [0.25, 0.3) is 12.3 Å². The molecule has 0 aliphatic carbocycles. The summed E-state index contributed by atoms with van der Waals surface area (Å²) in [6.07, 6.45) is -0.956. The summed E-state index contributed by atoms with van der Waals surface area (Å²) in [5.41, 5.74) is 4.48. The summed E-state index contributed by atoms with van der Waals surface area (Å²) >= 11 is 0. The Hall–Kier alpha value is -2.28. The van der Waals surface area contributed by atoms with Crippen LogP contribution in [0.15, 0.2) is 24.3 Å². The summed E-state index contributed by atoms with van der Waals surface area (Å²) < 4.78 is 24.8. The lowest BCUT2D eigenvalue weighted by atomic mass is 10.0. The summed E-state index contributed by atoms with van der Waals surface area (Å²) in [7, 11) is 0. The number of piperidine rings is 1. The second-order valence-electron chi connectivity index (χ2n) is 6.91. The van der Waals surface area contributed by atoms with Gasteiger partial charge in [0, 0.05) is 24.7 Å². The Labute approximate surface area is 151 Å². The van der Waals surface area contributed by atoms with Crippen LogP contribution in [0.5, 0.6) is 0 Å². The van der Waals surface area contributed by atoms with Crippen LogP contribution < -0.4 is 5.32 Å². The number of H-pyrrole nitrogens is 1. The molecule has 2 heterocycles. The number of alkyl halides is 2. The number of halogens is 2. The maximum Gasteiger partial charge on any atom is 0.269 e. The molecule has 1 amide bonds. The smallest absolute Gasteiger partial charge is 0.269 e.